The van der Waals surface area contributed by atoms with Crippen LogP contribution in [0.5, 0.6) is 5.75 Å². The van der Waals surface area contributed by atoms with E-state index in [0.29, 0.717) is 11.3 Å². The van der Waals surface area contributed by atoms with Crippen LogP contribution in [0.4, 0.5) is 4.39 Å². The van der Waals surface area contributed by atoms with Crippen molar-refractivity contribution in [3.63, 3.8) is 0 Å². The van der Waals surface area contributed by atoms with Crippen molar-refractivity contribution >= 4 is 17.7 Å². The molecule has 0 aliphatic rings. The van der Waals surface area contributed by atoms with Crippen LogP contribution in [0.2, 0.25) is 0 Å². The molecule has 1 rings (SSSR count). The summed E-state index contributed by atoms with van der Waals surface area (Å²) in [5.74, 6) is -1.44. The molecule has 0 aromatic heterocycles. The fraction of sp³-hybridized carbons (Fsp3) is 0.438. The maximum atomic E-state index is 12.0. The fourth-order valence-electron chi connectivity index (χ4n) is 1.93. The number of hydrogen-bond acceptors (Lipinski definition) is 4. The number of halogens is 1. The predicted molar refractivity (Wildman–Crippen MR) is 81.3 cm³/mol. The molecule has 0 saturated carbocycles. The Bertz CT molecular complexity index is 544. The number of carbonyl (C=O) groups is 3. The minimum Gasteiger partial charge on any atom is -0.491 e. The molecular weight excluding hydrogens is 305 g/mol. The molecule has 23 heavy (non-hydrogen) atoms. The molecule has 1 aromatic carbocycles. The van der Waals surface area contributed by atoms with E-state index in [9.17, 15) is 18.8 Å². The van der Waals surface area contributed by atoms with Gasteiger partial charge in [-0.15, -0.1) is 0 Å². The van der Waals surface area contributed by atoms with Crippen molar-refractivity contribution < 1.29 is 28.6 Å². The lowest BCUT2D eigenvalue weighted by Crippen LogP contribution is -2.30. The quantitative estimate of drug-likeness (QED) is 0.640. The molecule has 1 unspecified atom stereocenters. The third-order valence-electron chi connectivity index (χ3n) is 3.03. The van der Waals surface area contributed by atoms with Gasteiger partial charge >= 0.3 is 5.97 Å². The minimum absolute atomic E-state index is 0.0438. The Morgan fingerprint density at radius 1 is 1.22 bits per heavy atom. The standard InChI is InChI=1S/C16H20FNO5/c1-11(9-16(21)22)8-15(20)18-10-14(19)12-2-4-13(5-3-12)23-7-6-17/h2-5,11H,6-10H2,1H3,(H,18,20)(H,21,22). The maximum absolute atomic E-state index is 12.0. The number of ether oxygens (including phenoxy) is 1. The zero-order valence-electron chi connectivity index (χ0n) is 12.9. The Hall–Kier alpha value is -2.44. The molecule has 0 bridgehead atoms. The Morgan fingerprint density at radius 2 is 1.87 bits per heavy atom. The van der Waals surface area contributed by atoms with Crippen molar-refractivity contribution in [1.29, 1.82) is 0 Å². The van der Waals surface area contributed by atoms with Crippen LogP contribution in [0.3, 0.4) is 0 Å². The summed E-state index contributed by atoms with van der Waals surface area (Å²) in [6, 6.07) is 6.18. The van der Waals surface area contributed by atoms with Gasteiger partial charge in [0.05, 0.1) is 6.54 Å². The third-order valence-corrected chi connectivity index (χ3v) is 3.03. The number of nitrogens with one attached hydrogen (secondary N) is 1. The molecule has 0 heterocycles. The molecule has 0 aliphatic heterocycles. The largest absolute Gasteiger partial charge is 0.491 e. The van der Waals surface area contributed by atoms with E-state index in [1.54, 1.807) is 19.1 Å². The summed E-state index contributed by atoms with van der Waals surface area (Å²) in [7, 11) is 0. The zero-order chi connectivity index (χ0) is 17.2. The number of carboxylic acids is 1. The summed E-state index contributed by atoms with van der Waals surface area (Å²) in [6.45, 7) is 0.861. The van der Waals surface area contributed by atoms with Crippen LogP contribution in [0.15, 0.2) is 24.3 Å². The molecule has 0 fully saturated rings. The highest BCUT2D eigenvalue weighted by Crippen LogP contribution is 2.12. The number of ketones is 1. The van der Waals surface area contributed by atoms with Gasteiger partial charge in [0.15, 0.2) is 5.78 Å². The molecule has 0 spiro atoms. The van der Waals surface area contributed by atoms with Gasteiger partial charge in [0.2, 0.25) is 5.91 Å². The lowest BCUT2D eigenvalue weighted by atomic mass is 10.0. The van der Waals surface area contributed by atoms with Gasteiger partial charge < -0.3 is 15.2 Å². The molecule has 0 radical (unpaired) electrons. The Labute approximate surface area is 133 Å². The molecule has 2 N–H and O–H groups in total. The SMILES string of the molecule is CC(CC(=O)O)CC(=O)NCC(=O)c1ccc(OCCF)cc1. The van der Waals surface area contributed by atoms with Crippen LogP contribution < -0.4 is 10.1 Å². The van der Waals surface area contributed by atoms with Gasteiger partial charge in [-0.05, 0) is 30.2 Å². The first kappa shape index (κ1) is 18.6. The Balaban J connectivity index is 2.41. The van der Waals surface area contributed by atoms with Gasteiger partial charge in [-0.25, -0.2) is 4.39 Å². The number of rotatable bonds is 10. The van der Waals surface area contributed by atoms with E-state index < -0.39 is 12.6 Å². The second-order valence-electron chi connectivity index (χ2n) is 5.17. The van der Waals surface area contributed by atoms with E-state index >= 15 is 0 Å². The number of alkyl halides is 1. The first-order chi connectivity index (χ1) is 10.9. The first-order valence-corrected chi connectivity index (χ1v) is 7.23. The lowest BCUT2D eigenvalue weighted by molar-refractivity contribution is -0.138. The molecule has 1 amide bonds. The topological polar surface area (TPSA) is 92.7 Å². The Morgan fingerprint density at radius 3 is 2.43 bits per heavy atom. The Kier molecular flexibility index (Phi) is 7.73. The smallest absolute Gasteiger partial charge is 0.303 e. The van der Waals surface area contributed by atoms with Crippen molar-refractivity contribution in [1.82, 2.24) is 5.32 Å². The second kappa shape index (κ2) is 9.55. The lowest BCUT2D eigenvalue weighted by Gasteiger charge is -2.09. The van der Waals surface area contributed by atoms with Gasteiger partial charge in [-0.3, -0.25) is 14.4 Å². The van der Waals surface area contributed by atoms with E-state index in [4.69, 9.17) is 9.84 Å². The number of hydrogen-bond donors (Lipinski definition) is 2. The molecule has 0 saturated heterocycles. The van der Waals surface area contributed by atoms with Crippen LogP contribution in [0.1, 0.15) is 30.1 Å². The van der Waals surface area contributed by atoms with Crippen molar-refractivity contribution in [3.05, 3.63) is 29.8 Å². The number of aliphatic carboxylic acids is 1. The second-order valence-corrected chi connectivity index (χ2v) is 5.17. The normalized spacial score (nSPS) is 11.6. The van der Waals surface area contributed by atoms with Crippen LogP contribution in [0.25, 0.3) is 0 Å². The summed E-state index contributed by atoms with van der Waals surface area (Å²) >= 11 is 0. The monoisotopic (exact) mass is 325 g/mol. The number of Topliss-reactive ketones (excluding diaryl/α,β-unsaturated/α-hetero) is 1. The minimum atomic E-state index is -0.962. The molecule has 0 aliphatic carbocycles. The average Bonchev–Trinajstić information content (AvgIpc) is 2.50. The van der Waals surface area contributed by atoms with E-state index in [1.807, 2.05) is 0 Å². The van der Waals surface area contributed by atoms with Crippen molar-refractivity contribution in [2.45, 2.75) is 19.8 Å². The van der Waals surface area contributed by atoms with Gasteiger partial charge in [0.25, 0.3) is 0 Å². The molecule has 6 nitrogen and oxygen atoms in total. The van der Waals surface area contributed by atoms with Crippen LogP contribution in [-0.2, 0) is 9.59 Å². The number of carbonyl (C=O) groups excluding carboxylic acids is 2. The predicted octanol–water partition coefficient (Wildman–Crippen LogP) is 1.83. The fourth-order valence-corrected chi connectivity index (χ4v) is 1.93. The highest BCUT2D eigenvalue weighted by molar-refractivity contribution is 5.99. The summed E-state index contributed by atoms with van der Waals surface area (Å²) in [5.41, 5.74) is 0.400. The van der Waals surface area contributed by atoms with E-state index in [2.05, 4.69) is 5.32 Å². The summed E-state index contributed by atoms with van der Waals surface area (Å²) in [4.78, 5) is 34.1. The van der Waals surface area contributed by atoms with Gasteiger partial charge in [0, 0.05) is 18.4 Å². The summed E-state index contributed by atoms with van der Waals surface area (Å²) < 4.78 is 17.0. The molecular formula is C16H20FNO5. The maximum Gasteiger partial charge on any atom is 0.303 e. The average molecular weight is 325 g/mol. The highest BCUT2D eigenvalue weighted by atomic mass is 19.1. The summed E-state index contributed by atoms with van der Waals surface area (Å²) in [5, 5.41) is 11.1. The first-order valence-electron chi connectivity index (χ1n) is 7.23. The van der Waals surface area contributed by atoms with Crippen LogP contribution in [-0.4, -0.2) is 42.6 Å². The zero-order valence-corrected chi connectivity index (χ0v) is 12.9. The van der Waals surface area contributed by atoms with Gasteiger partial charge in [-0.2, -0.15) is 0 Å². The number of carboxylic acid groups (broad SMARTS) is 1. The van der Waals surface area contributed by atoms with Gasteiger partial charge in [-0.1, -0.05) is 6.92 Å². The van der Waals surface area contributed by atoms with Crippen LogP contribution >= 0.6 is 0 Å². The molecule has 1 aromatic rings. The number of amides is 1. The van der Waals surface area contributed by atoms with Gasteiger partial charge in [0.1, 0.15) is 19.0 Å². The van der Waals surface area contributed by atoms with E-state index in [1.165, 1.54) is 12.1 Å². The highest BCUT2D eigenvalue weighted by Gasteiger charge is 2.14. The van der Waals surface area contributed by atoms with Crippen molar-refractivity contribution in [2.24, 2.45) is 5.92 Å². The van der Waals surface area contributed by atoms with E-state index in [-0.39, 0.29) is 43.6 Å². The number of benzene rings is 1. The van der Waals surface area contributed by atoms with Crippen molar-refractivity contribution in [3.8, 4) is 5.75 Å². The molecule has 1 atom stereocenters. The summed E-state index contributed by atoms with van der Waals surface area (Å²) in [6.07, 6.45) is -0.0443. The van der Waals surface area contributed by atoms with Crippen LogP contribution in [0, 0.1) is 5.92 Å². The third kappa shape index (κ3) is 7.39. The van der Waals surface area contributed by atoms with Crippen molar-refractivity contribution in [2.75, 3.05) is 19.8 Å². The molecule has 7 heteroatoms. The molecule has 126 valence electrons. The van der Waals surface area contributed by atoms with E-state index in [0.717, 1.165) is 0 Å².